The number of nitrogens with one attached hydrogen (secondary N) is 1. The molecular formula is C21H16Cl3N3O4S. The minimum atomic E-state index is -0.567. The van der Waals surface area contributed by atoms with Crippen molar-refractivity contribution in [2.75, 3.05) is 13.2 Å². The molecule has 2 N–H and O–H groups in total. The van der Waals surface area contributed by atoms with E-state index in [0.717, 1.165) is 17.3 Å². The minimum Gasteiger partial charge on any atom is -0.508 e. The van der Waals surface area contributed by atoms with Crippen LogP contribution in [0.3, 0.4) is 0 Å². The van der Waals surface area contributed by atoms with E-state index in [1.807, 2.05) is 0 Å². The van der Waals surface area contributed by atoms with E-state index in [4.69, 9.17) is 39.5 Å². The summed E-state index contributed by atoms with van der Waals surface area (Å²) in [6, 6.07) is 9.21. The molecule has 2 amide bonds. The molecule has 11 heteroatoms. The lowest BCUT2D eigenvalue weighted by Gasteiger charge is -2.12. The zero-order valence-corrected chi connectivity index (χ0v) is 19.4. The van der Waals surface area contributed by atoms with Gasteiger partial charge in [0.05, 0.1) is 20.0 Å². The quantitative estimate of drug-likeness (QED) is 0.238. The van der Waals surface area contributed by atoms with Crippen molar-refractivity contribution < 1.29 is 19.4 Å². The molecule has 3 rings (SSSR count). The Hall–Kier alpha value is -2.65. The van der Waals surface area contributed by atoms with Crippen molar-refractivity contribution in [1.82, 2.24) is 10.3 Å². The maximum absolute atomic E-state index is 12.7. The molecule has 0 unspecified atom stereocenters. The molecule has 7 nitrogen and oxygen atoms in total. The summed E-state index contributed by atoms with van der Waals surface area (Å²) in [5.41, 5.74) is 3.08. The predicted molar refractivity (Wildman–Crippen MR) is 128 cm³/mol. The van der Waals surface area contributed by atoms with Crippen LogP contribution in [0.25, 0.3) is 6.08 Å². The zero-order valence-electron chi connectivity index (χ0n) is 16.3. The van der Waals surface area contributed by atoms with Gasteiger partial charge in [-0.15, -0.1) is 11.7 Å². The van der Waals surface area contributed by atoms with E-state index < -0.39 is 5.91 Å². The SMILES string of the molecule is C=CCN1C(=O)/C(=C/c2ccc(O)cc2)S/C1=N/NC(=O)COc1cc(Cl)c(Cl)cc1Cl. The van der Waals surface area contributed by atoms with Gasteiger partial charge in [-0.2, -0.15) is 0 Å². The molecule has 0 atom stereocenters. The fourth-order valence-corrected chi connectivity index (χ4v) is 4.04. The van der Waals surface area contributed by atoms with Gasteiger partial charge in [0.2, 0.25) is 0 Å². The van der Waals surface area contributed by atoms with Crippen LogP contribution in [0.15, 0.2) is 59.1 Å². The number of nitrogens with zero attached hydrogens (tertiary/aromatic N) is 2. The number of thioether (sulfide) groups is 1. The number of carbonyl (C=O) groups excluding carboxylic acids is 2. The van der Waals surface area contributed by atoms with E-state index in [1.54, 1.807) is 24.3 Å². The average molecular weight is 513 g/mol. The van der Waals surface area contributed by atoms with Crippen LogP contribution in [-0.2, 0) is 9.59 Å². The largest absolute Gasteiger partial charge is 0.508 e. The lowest BCUT2D eigenvalue weighted by atomic mass is 10.2. The van der Waals surface area contributed by atoms with E-state index in [0.29, 0.717) is 4.91 Å². The fourth-order valence-electron chi connectivity index (χ4n) is 2.50. The van der Waals surface area contributed by atoms with Gasteiger partial charge in [0, 0.05) is 12.6 Å². The molecule has 1 heterocycles. The summed E-state index contributed by atoms with van der Waals surface area (Å²) in [6.45, 7) is 3.47. The Kier molecular flexibility index (Phi) is 8.09. The van der Waals surface area contributed by atoms with E-state index in [9.17, 15) is 14.7 Å². The molecule has 0 aliphatic carbocycles. The molecule has 0 radical (unpaired) electrons. The van der Waals surface area contributed by atoms with Crippen molar-refractivity contribution in [1.29, 1.82) is 0 Å². The number of ether oxygens (including phenoxy) is 1. The molecule has 0 spiro atoms. The summed E-state index contributed by atoms with van der Waals surface area (Å²) in [7, 11) is 0. The molecule has 1 fully saturated rings. The molecule has 2 aromatic rings. The number of rotatable bonds is 7. The molecule has 1 saturated heterocycles. The molecule has 2 aromatic carbocycles. The smallest absolute Gasteiger partial charge is 0.278 e. The number of aromatic hydroxyl groups is 1. The molecule has 1 aliphatic heterocycles. The summed E-state index contributed by atoms with van der Waals surface area (Å²) in [5, 5.41) is 14.4. The maximum atomic E-state index is 12.7. The summed E-state index contributed by atoms with van der Waals surface area (Å²) in [4.78, 5) is 26.7. The number of benzene rings is 2. The summed E-state index contributed by atoms with van der Waals surface area (Å²) in [6.07, 6.45) is 3.22. The molecule has 1 aliphatic rings. The van der Waals surface area contributed by atoms with Crippen LogP contribution in [0.4, 0.5) is 0 Å². The monoisotopic (exact) mass is 511 g/mol. The molecular weight excluding hydrogens is 497 g/mol. The normalized spacial score (nSPS) is 16.0. The first-order chi connectivity index (χ1) is 15.3. The van der Waals surface area contributed by atoms with Crippen molar-refractivity contribution >= 4 is 69.6 Å². The number of halogens is 3. The first-order valence-corrected chi connectivity index (χ1v) is 11.0. The Labute approximate surface area is 203 Å². The number of hydrogen-bond acceptors (Lipinski definition) is 6. The lowest BCUT2D eigenvalue weighted by Crippen LogP contribution is -2.32. The van der Waals surface area contributed by atoms with E-state index >= 15 is 0 Å². The summed E-state index contributed by atoms with van der Waals surface area (Å²) in [5.74, 6) is -0.529. The van der Waals surface area contributed by atoms with Crippen LogP contribution < -0.4 is 10.2 Å². The standard InChI is InChI=1S/C21H16Cl3N3O4S/c1-2-7-27-20(30)18(8-12-3-5-13(28)6-4-12)32-21(27)26-25-19(29)11-31-17-10-15(23)14(22)9-16(17)24/h2-6,8-10,28H,1,7,11H2,(H,25,29)/b18-8-,26-21+. The first-order valence-electron chi connectivity index (χ1n) is 9.03. The van der Waals surface area contributed by atoms with E-state index in [2.05, 4.69) is 17.1 Å². The Morgan fingerprint density at radius 1 is 1.19 bits per heavy atom. The number of amidine groups is 1. The Morgan fingerprint density at radius 3 is 2.56 bits per heavy atom. The van der Waals surface area contributed by atoms with Crippen molar-refractivity contribution in [2.45, 2.75) is 0 Å². The highest BCUT2D eigenvalue weighted by molar-refractivity contribution is 8.18. The Balaban J connectivity index is 1.68. The molecule has 0 saturated carbocycles. The first kappa shape index (κ1) is 24.0. The number of hydrogen-bond donors (Lipinski definition) is 2. The Bertz CT molecular complexity index is 1120. The van der Waals surface area contributed by atoms with Crippen LogP contribution in [0.1, 0.15) is 5.56 Å². The third-order valence-electron chi connectivity index (χ3n) is 4.00. The van der Waals surface area contributed by atoms with Gasteiger partial charge in [-0.3, -0.25) is 14.5 Å². The van der Waals surface area contributed by atoms with Crippen LogP contribution in [-0.4, -0.2) is 40.1 Å². The molecule has 0 bridgehead atoms. The maximum Gasteiger partial charge on any atom is 0.278 e. The molecule has 0 aromatic heterocycles. The van der Waals surface area contributed by atoms with Crippen molar-refractivity contribution in [2.24, 2.45) is 5.10 Å². The predicted octanol–water partition coefficient (Wildman–Crippen LogP) is 4.92. The number of hydrazone groups is 1. The van der Waals surface area contributed by atoms with Gasteiger partial charge < -0.3 is 9.84 Å². The third kappa shape index (κ3) is 5.98. The number of phenolic OH excluding ortho intramolecular Hbond substituents is 1. The van der Waals surface area contributed by atoms with Gasteiger partial charge in [-0.1, -0.05) is 53.0 Å². The number of carbonyl (C=O) groups is 2. The highest BCUT2D eigenvalue weighted by atomic mass is 35.5. The van der Waals surface area contributed by atoms with Gasteiger partial charge in [0.15, 0.2) is 11.8 Å². The van der Waals surface area contributed by atoms with Crippen LogP contribution >= 0.6 is 46.6 Å². The van der Waals surface area contributed by atoms with Gasteiger partial charge in [0.25, 0.3) is 11.8 Å². The topological polar surface area (TPSA) is 91.2 Å². The van der Waals surface area contributed by atoms with E-state index in [1.165, 1.54) is 29.2 Å². The second-order valence-corrected chi connectivity index (χ2v) is 8.55. The van der Waals surface area contributed by atoms with Crippen molar-refractivity contribution in [3.05, 3.63) is 74.6 Å². The van der Waals surface area contributed by atoms with Crippen molar-refractivity contribution in [3.63, 3.8) is 0 Å². The van der Waals surface area contributed by atoms with Crippen LogP contribution in [0.2, 0.25) is 15.1 Å². The zero-order chi connectivity index (χ0) is 23.3. The second-order valence-electron chi connectivity index (χ2n) is 6.32. The highest BCUT2D eigenvalue weighted by Crippen LogP contribution is 2.34. The lowest BCUT2D eigenvalue weighted by molar-refractivity contribution is -0.123. The van der Waals surface area contributed by atoms with Crippen LogP contribution in [0.5, 0.6) is 11.5 Å². The Morgan fingerprint density at radius 2 is 1.88 bits per heavy atom. The van der Waals surface area contributed by atoms with E-state index in [-0.39, 0.29) is 50.8 Å². The highest BCUT2D eigenvalue weighted by Gasteiger charge is 2.32. The van der Waals surface area contributed by atoms with Crippen molar-refractivity contribution in [3.8, 4) is 11.5 Å². The number of phenols is 1. The molecule has 166 valence electrons. The molecule has 32 heavy (non-hydrogen) atoms. The van der Waals surface area contributed by atoms with Gasteiger partial charge in [0.1, 0.15) is 11.5 Å². The minimum absolute atomic E-state index is 0.125. The fraction of sp³-hybridized carbons (Fsp3) is 0.0952. The van der Waals surface area contributed by atoms with Gasteiger partial charge in [-0.05, 0) is 41.6 Å². The van der Waals surface area contributed by atoms with Gasteiger partial charge in [-0.25, -0.2) is 5.43 Å². The summed E-state index contributed by atoms with van der Waals surface area (Å²) >= 11 is 18.9. The second kappa shape index (κ2) is 10.8. The average Bonchev–Trinajstić information content (AvgIpc) is 3.05. The number of amides is 2. The third-order valence-corrected chi connectivity index (χ3v) is 6.02. The van der Waals surface area contributed by atoms with Gasteiger partial charge >= 0.3 is 0 Å². The van der Waals surface area contributed by atoms with Crippen LogP contribution in [0, 0.1) is 0 Å². The summed E-state index contributed by atoms with van der Waals surface area (Å²) < 4.78 is 5.36.